The molecule has 2 atom stereocenters. The Kier molecular flexibility index (Phi) is 2.96. The lowest BCUT2D eigenvalue weighted by Gasteiger charge is -2.21. The molecule has 0 unspecified atom stereocenters. The van der Waals surface area contributed by atoms with Crippen molar-refractivity contribution in [3.8, 4) is 0 Å². The minimum atomic E-state index is -5.63. The van der Waals surface area contributed by atoms with Crippen LogP contribution in [0.2, 0.25) is 0 Å². The van der Waals surface area contributed by atoms with E-state index in [-0.39, 0.29) is 6.61 Å². The summed E-state index contributed by atoms with van der Waals surface area (Å²) >= 11 is 0. The van der Waals surface area contributed by atoms with Crippen molar-refractivity contribution in [1.29, 1.82) is 0 Å². The summed E-state index contributed by atoms with van der Waals surface area (Å²) in [6.45, 7) is -0.609. The predicted molar refractivity (Wildman–Crippen MR) is 31.6 cm³/mol. The summed E-state index contributed by atoms with van der Waals surface area (Å²) in [5.41, 5.74) is 0. The molecule has 0 aromatic carbocycles. The maximum absolute atomic E-state index is 12.3. The third kappa shape index (κ3) is 3.02. The fraction of sp³-hybridized carbons (Fsp3) is 1.00. The Morgan fingerprint density at radius 3 is 2.14 bits per heavy atom. The molecule has 14 heavy (non-hydrogen) atoms. The highest BCUT2D eigenvalue weighted by Crippen LogP contribution is 2.36. The van der Waals surface area contributed by atoms with Crippen molar-refractivity contribution in [3.63, 3.8) is 0 Å². The third-order valence-electron chi connectivity index (χ3n) is 1.45. The van der Waals surface area contributed by atoms with Crippen LogP contribution in [0.1, 0.15) is 0 Å². The molecule has 1 aliphatic rings. The van der Waals surface area contributed by atoms with Gasteiger partial charge in [-0.2, -0.15) is 22.0 Å². The minimum absolute atomic E-state index is 0.138. The number of ether oxygens (including phenoxy) is 2. The standard InChI is InChI=1S/C6H6F6O2/c7-4(5(8,9)10)6(11,12)14-2-3-1-13-3/h3-4H,1-2H2/t3-,4+/m1/s1. The van der Waals surface area contributed by atoms with E-state index in [1.807, 2.05) is 0 Å². The van der Waals surface area contributed by atoms with E-state index in [4.69, 9.17) is 0 Å². The normalized spacial score (nSPS) is 24.9. The molecule has 84 valence electrons. The molecule has 0 amide bonds. The number of hydrogen-bond donors (Lipinski definition) is 0. The van der Waals surface area contributed by atoms with Gasteiger partial charge in [-0.25, -0.2) is 4.39 Å². The van der Waals surface area contributed by atoms with Gasteiger partial charge in [-0.05, 0) is 0 Å². The lowest BCUT2D eigenvalue weighted by molar-refractivity contribution is -0.336. The smallest absolute Gasteiger partial charge is 0.371 e. The lowest BCUT2D eigenvalue weighted by atomic mass is 10.3. The first-order valence-electron chi connectivity index (χ1n) is 3.57. The molecule has 0 bridgehead atoms. The van der Waals surface area contributed by atoms with E-state index >= 15 is 0 Å². The summed E-state index contributed by atoms with van der Waals surface area (Å²) in [4.78, 5) is 0. The molecule has 1 aliphatic heterocycles. The molecule has 2 nitrogen and oxygen atoms in total. The Labute approximate surface area is 74.8 Å². The van der Waals surface area contributed by atoms with Crippen LogP contribution in [0.3, 0.4) is 0 Å². The molecule has 8 heteroatoms. The Bertz CT molecular complexity index is 199. The van der Waals surface area contributed by atoms with Gasteiger partial charge in [0.25, 0.3) is 6.17 Å². The fourth-order valence-electron chi connectivity index (χ4n) is 0.632. The van der Waals surface area contributed by atoms with Crippen LogP contribution in [0.25, 0.3) is 0 Å². The molecule has 0 N–H and O–H groups in total. The fourth-order valence-corrected chi connectivity index (χ4v) is 0.632. The van der Waals surface area contributed by atoms with Crippen LogP contribution in [0.5, 0.6) is 0 Å². The van der Waals surface area contributed by atoms with E-state index in [9.17, 15) is 26.3 Å². The van der Waals surface area contributed by atoms with Crippen LogP contribution in [0.4, 0.5) is 26.3 Å². The van der Waals surface area contributed by atoms with E-state index in [0.717, 1.165) is 0 Å². The zero-order chi connectivity index (χ0) is 11.0. The van der Waals surface area contributed by atoms with Gasteiger partial charge in [0.15, 0.2) is 0 Å². The summed E-state index contributed by atoms with van der Waals surface area (Å²) in [5, 5.41) is 0. The van der Waals surface area contributed by atoms with Crippen molar-refractivity contribution in [1.82, 2.24) is 0 Å². The first-order chi connectivity index (χ1) is 6.23. The van der Waals surface area contributed by atoms with E-state index in [1.54, 1.807) is 0 Å². The van der Waals surface area contributed by atoms with E-state index < -0.39 is 31.2 Å². The second-order valence-corrected chi connectivity index (χ2v) is 2.73. The first-order valence-corrected chi connectivity index (χ1v) is 3.57. The van der Waals surface area contributed by atoms with Gasteiger partial charge in [-0.3, -0.25) is 0 Å². The summed E-state index contributed by atoms with van der Waals surface area (Å²) in [5.74, 6) is 0. The summed E-state index contributed by atoms with van der Waals surface area (Å²) in [7, 11) is 0. The van der Waals surface area contributed by atoms with Gasteiger partial charge in [-0.1, -0.05) is 0 Å². The molecular formula is C6H6F6O2. The Morgan fingerprint density at radius 1 is 1.29 bits per heavy atom. The highest BCUT2D eigenvalue weighted by atomic mass is 19.4. The van der Waals surface area contributed by atoms with Gasteiger partial charge >= 0.3 is 12.3 Å². The molecular weight excluding hydrogens is 218 g/mol. The zero-order valence-electron chi connectivity index (χ0n) is 6.65. The predicted octanol–water partition coefficient (Wildman–Crippen LogP) is 1.89. The van der Waals surface area contributed by atoms with Gasteiger partial charge in [0.1, 0.15) is 6.10 Å². The van der Waals surface area contributed by atoms with Crippen LogP contribution >= 0.6 is 0 Å². The molecule has 1 rings (SSSR count). The van der Waals surface area contributed by atoms with Crippen molar-refractivity contribution in [2.24, 2.45) is 0 Å². The lowest BCUT2D eigenvalue weighted by Crippen LogP contribution is -2.44. The molecule has 1 fully saturated rings. The molecule has 1 heterocycles. The van der Waals surface area contributed by atoms with Crippen LogP contribution in [0.15, 0.2) is 0 Å². The third-order valence-corrected chi connectivity index (χ3v) is 1.45. The molecule has 0 radical (unpaired) electrons. The molecule has 0 aliphatic carbocycles. The molecule has 0 saturated carbocycles. The van der Waals surface area contributed by atoms with Crippen molar-refractivity contribution in [2.45, 2.75) is 24.6 Å². The van der Waals surface area contributed by atoms with Gasteiger partial charge in [-0.15, -0.1) is 0 Å². The zero-order valence-corrected chi connectivity index (χ0v) is 6.65. The first kappa shape index (κ1) is 11.6. The highest BCUT2D eigenvalue weighted by molar-refractivity contribution is 4.77. The van der Waals surface area contributed by atoms with Crippen LogP contribution in [-0.2, 0) is 9.47 Å². The van der Waals surface area contributed by atoms with E-state index in [2.05, 4.69) is 9.47 Å². The molecule has 1 saturated heterocycles. The Morgan fingerprint density at radius 2 is 1.79 bits per heavy atom. The van der Waals surface area contributed by atoms with Crippen molar-refractivity contribution in [3.05, 3.63) is 0 Å². The largest absolute Gasteiger partial charge is 0.428 e. The van der Waals surface area contributed by atoms with Crippen LogP contribution < -0.4 is 0 Å². The van der Waals surface area contributed by atoms with Crippen molar-refractivity contribution >= 4 is 0 Å². The number of alkyl halides is 6. The molecule has 0 aromatic heterocycles. The van der Waals surface area contributed by atoms with Crippen molar-refractivity contribution < 1.29 is 35.8 Å². The number of hydrogen-bond acceptors (Lipinski definition) is 2. The van der Waals surface area contributed by atoms with Crippen LogP contribution in [-0.4, -0.2) is 37.8 Å². The van der Waals surface area contributed by atoms with Gasteiger partial charge in [0.05, 0.1) is 13.2 Å². The summed E-state index contributed by atoms with van der Waals surface area (Å²) in [6, 6.07) is 0. The van der Waals surface area contributed by atoms with Gasteiger partial charge < -0.3 is 9.47 Å². The average Bonchev–Trinajstić information content (AvgIpc) is 2.81. The highest BCUT2D eigenvalue weighted by Gasteiger charge is 2.58. The Hall–Kier alpha value is -0.500. The molecule has 0 aromatic rings. The Balaban J connectivity index is 2.44. The maximum atomic E-state index is 12.3. The summed E-state index contributed by atoms with van der Waals surface area (Å²) < 4.78 is 79.2. The second-order valence-electron chi connectivity index (χ2n) is 2.73. The number of halogens is 6. The quantitative estimate of drug-likeness (QED) is 0.537. The maximum Gasteiger partial charge on any atom is 0.428 e. The van der Waals surface area contributed by atoms with Gasteiger partial charge in [0.2, 0.25) is 0 Å². The average molecular weight is 224 g/mol. The van der Waals surface area contributed by atoms with E-state index in [0.29, 0.717) is 0 Å². The second kappa shape index (κ2) is 3.58. The van der Waals surface area contributed by atoms with Gasteiger partial charge in [0, 0.05) is 0 Å². The SMILES string of the molecule is F[C@@H](C(F)(F)F)C(F)(F)OC[C@H]1CO1. The molecule has 0 spiro atoms. The van der Waals surface area contributed by atoms with Crippen LogP contribution in [0, 0.1) is 0 Å². The minimum Gasteiger partial charge on any atom is -0.371 e. The number of rotatable bonds is 4. The van der Waals surface area contributed by atoms with E-state index in [1.165, 1.54) is 0 Å². The van der Waals surface area contributed by atoms with Crippen molar-refractivity contribution in [2.75, 3.05) is 13.2 Å². The number of epoxide rings is 1. The topological polar surface area (TPSA) is 21.8 Å². The monoisotopic (exact) mass is 224 g/mol. The summed E-state index contributed by atoms with van der Waals surface area (Å²) in [6.07, 6.45) is -15.5.